The molecule has 4 nitrogen and oxygen atoms in total. The van der Waals surface area contributed by atoms with Crippen LogP contribution in [-0.4, -0.2) is 29.0 Å². The summed E-state index contributed by atoms with van der Waals surface area (Å²) in [6.45, 7) is 4.79. The highest BCUT2D eigenvalue weighted by atomic mass is 16.3. The first kappa shape index (κ1) is 17.0. The smallest absolute Gasteiger partial charge is 0.227 e. The summed E-state index contributed by atoms with van der Waals surface area (Å²) in [6, 6.07) is 15.0. The van der Waals surface area contributed by atoms with Crippen LogP contribution in [0.1, 0.15) is 29.7 Å². The molecular formula is C19H24N2O2. The van der Waals surface area contributed by atoms with Gasteiger partial charge in [0.25, 0.3) is 0 Å². The van der Waals surface area contributed by atoms with Gasteiger partial charge in [0.15, 0.2) is 0 Å². The lowest BCUT2D eigenvalue weighted by Gasteiger charge is -2.24. The number of nitrogens with two attached hydrogens (primary N) is 1. The van der Waals surface area contributed by atoms with Gasteiger partial charge < -0.3 is 15.7 Å². The number of amides is 1. The van der Waals surface area contributed by atoms with Gasteiger partial charge in [0.1, 0.15) is 0 Å². The summed E-state index contributed by atoms with van der Waals surface area (Å²) in [7, 11) is 0. The molecular weight excluding hydrogens is 288 g/mol. The Labute approximate surface area is 137 Å². The molecule has 0 bridgehead atoms. The number of aliphatic hydroxyl groups is 1. The molecule has 0 saturated carbocycles. The highest BCUT2D eigenvalue weighted by Gasteiger charge is 2.17. The van der Waals surface area contributed by atoms with Gasteiger partial charge in [-0.1, -0.05) is 42.0 Å². The van der Waals surface area contributed by atoms with Gasteiger partial charge in [-0.25, -0.2) is 0 Å². The first-order valence-corrected chi connectivity index (χ1v) is 7.86. The molecule has 2 rings (SSSR count). The minimum absolute atomic E-state index is 0.00318. The minimum Gasteiger partial charge on any atom is -0.399 e. The average Bonchev–Trinajstić information content (AvgIpc) is 2.55. The lowest BCUT2D eigenvalue weighted by molar-refractivity contribution is -0.131. The van der Waals surface area contributed by atoms with Crippen molar-refractivity contribution < 1.29 is 9.90 Å². The summed E-state index contributed by atoms with van der Waals surface area (Å²) >= 11 is 0. The number of nitrogens with zero attached hydrogens (tertiary/aromatic N) is 1. The maximum Gasteiger partial charge on any atom is 0.227 e. The Morgan fingerprint density at radius 1 is 1.13 bits per heavy atom. The predicted molar refractivity (Wildman–Crippen MR) is 93.0 cm³/mol. The van der Waals surface area contributed by atoms with Gasteiger partial charge in [-0.05, 0) is 37.1 Å². The molecule has 0 spiro atoms. The van der Waals surface area contributed by atoms with E-state index in [0.717, 1.165) is 16.7 Å². The molecule has 0 radical (unpaired) electrons. The normalized spacial score (nSPS) is 12.0. The number of nitrogen functional groups attached to an aromatic ring is 1. The lowest BCUT2D eigenvalue weighted by Crippen LogP contribution is -2.35. The fourth-order valence-electron chi connectivity index (χ4n) is 2.43. The molecule has 0 fully saturated rings. The zero-order valence-corrected chi connectivity index (χ0v) is 13.7. The molecule has 4 heteroatoms. The van der Waals surface area contributed by atoms with Crippen LogP contribution in [0.3, 0.4) is 0 Å². The maximum absolute atomic E-state index is 12.4. The fraction of sp³-hybridized carbons (Fsp3) is 0.316. The second-order valence-corrected chi connectivity index (χ2v) is 5.78. The topological polar surface area (TPSA) is 66.6 Å². The van der Waals surface area contributed by atoms with Crippen molar-refractivity contribution in [3.05, 3.63) is 65.2 Å². The summed E-state index contributed by atoms with van der Waals surface area (Å²) in [5.74, 6) is 0.00318. The monoisotopic (exact) mass is 312 g/mol. The Kier molecular flexibility index (Phi) is 5.77. The Balaban J connectivity index is 1.99. The van der Waals surface area contributed by atoms with E-state index in [1.54, 1.807) is 17.0 Å². The summed E-state index contributed by atoms with van der Waals surface area (Å²) in [4.78, 5) is 14.1. The molecule has 0 aliphatic rings. The van der Waals surface area contributed by atoms with Crippen LogP contribution in [0, 0.1) is 6.92 Å². The van der Waals surface area contributed by atoms with E-state index < -0.39 is 6.10 Å². The number of hydrogen-bond donors (Lipinski definition) is 2. The Morgan fingerprint density at radius 2 is 1.74 bits per heavy atom. The molecule has 0 heterocycles. The molecule has 0 aromatic heterocycles. The number of likely N-dealkylation sites (N-methyl/N-ethyl adjacent to an activating group) is 1. The number of carbonyl (C=O) groups excluding carboxylic acids is 1. The van der Waals surface area contributed by atoms with E-state index in [1.165, 1.54) is 0 Å². The molecule has 2 aromatic carbocycles. The van der Waals surface area contributed by atoms with Gasteiger partial charge in [-0.3, -0.25) is 4.79 Å². The molecule has 122 valence electrons. The van der Waals surface area contributed by atoms with Crippen molar-refractivity contribution in [2.45, 2.75) is 26.4 Å². The fourth-order valence-corrected chi connectivity index (χ4v) is 2.43. The van der Waals surface area contributed by atoms with Crippen LogP contribution in [0.5, 0.6) is 0 Å². The van der Waals surface area contributed by atoms with Crippen molar-refractivity contribution in [3.63, 3.8) is 0 Å². The Morgan fingerprint density at radius 3 is 2.30 bits per heavy atom. The molecule has 0 aliphatic carbocycles. The van der Waals surface area contributed by atoms with E-state index in [4.69, 9.17) is 5.73 Å². The van der Waals surface area contributed by atoms with Crippen molar-refractivity contribution in [3.8, 4) is 0 Å². The van der Waals surface area contributed by atoms with E-state index >= 15 is 0 Å². The number of aliphatic hydroxyl groups excluding tert-OH is 1. The van der Waals surface area contributed by atoms with Crippen molar-refractivity contribution in [2.75, 3.05) is 18.8 Å². The van der Waals surface area contributed by atoms with Crippen LogP contribution in [0.15, 0.2) is 48.5 Å². The third kappa shape index (κ3) is 4.83. The number of aryl methyl sites for hydroxylation is 1. The highest BCUT2D eigenvalue weighted by Crippen LogP contribution is 2.16. The number of anilines is 1. The number of benzene rings is 2. The second-order valence-electron chi connectivity index (χ2n) is 5.78. The Hall–Kier alpha value is -2.33. The van der Waals surface area contributed by atoms with Crippen molar-refractivity contribution in [1.82, 2.24) is 4.90 Å². The average molecular weight is 312 g/mol. The van der Waals surface area contributed by atoms with Crippen LogP contribution in [0.2, 0.25) is 0 Å². The Bertz CT molecular complexity index is 635. The molecule has 2 aromatic rings. The first-order valence-electron chi connectivity index (χ1n) is 7.86. The van der Waals surface area contributed by atoms with Gasteiger partial charge in [-0.15, -0.1) is 0 Å². The standard InChI is InChI=1S/C19H24N2O2/c1-3-21(13-18(22)16-8-4-14(2)5-9-16)19(23)12-15-6-10-17(20)11-7-15/h4-11,18,22H,3,12-13,20H2,1-2H3. The molecule has 3 N–H and O–H groups in total. The van der Waals surface area contributed by atoms with E-state index in [-0.39, 0.29) is 5.91 Å². The lowest BCUT2D eigenvalue weighted by atomic mass is 10.1. The summed E-state index contributed by atoms with van der Waals surface area (Å²) in [6.07, 6.45) is -0.361. The molecule has 1 unspecified atom stereocenters. The van der Waals surface area contributed by atoms with Crippen LogP contribution in [0.25, 0.3) is 0 Å². The van der Waals surface area contributed by atoms with Crippen LogP contribution >= 0.6 is 0 Å². The third-order valence-corrected chi connectivity index (χ3v) is 3.92. The van der Waals surface area contributed by atoms with Gasteiger partial charge in [0, 0.05) is 12.2 Å². The maximum atomic E-state index is 12.4. The van der Waals surface area contributed by atoms with Crippen LogP contribution < -0.4 is 5.73 Å². The largest absolute Gasteiger partial charge is 0.399 e. The van der Waals surface area contributed by atoms with E-state index in [1.807, 2.05) is 50.2 Å². The first-order chi connectivity index (χ1) is 11.0. The van der Waals surface area contributed by atoms with E-state index in [2.05, 4.69) is 0 Å². The van der Waals surface area contributed by atoms with Crippen molar-refractivity contribution in [2.24, 2.45) is 0 Å². The van der Waals surface area contributed by atoms with Crippen molar-refractivity contribution >= 4 is 11.6 Å². The van der Waals surface area contributed by atoms with Crippen LogP contribution in [-0.2, 0) is 11.2 Å². The zero-order chi connectivity index (χ0) is 16.8. The summed E-state index contributed by atoms with van der Waals surface area (Å²) in [5, 5.41) is 10.4. The quantitative estimate of drug-likeness (QED) is 0.806. The van der Waals surface area contributed by atoms with Gasteiger partial charge in [-0.2, -0.15) is 0 Å². The second kappa shape index (κ2) is 7.79. The molecule has 1 amide bonds. The van der Waals surface area contributed by atoms with Gasteiger partial charge in [0.2, 0.25) is 5.91 Å². The molecule has 1 atom stereocenters. The summed E-state index contributed by atoms with van der Waals surface area (Å²) in [5.41, 5.74) is 9.24. The van der Waals surface area contributed by atoms with Gasteiger partial charge in [0.05, 0.1) is 19.1 Å². The molecule has 0 saturated heterocycles. The molecule has 23 heavy (non-hydrogen) atoms. The summed E-state index contributed by atoms with van der Waals surface area (Å²) < 4.78 is 0. The predicted octanol–water partition coefficient (Wildman–Crippen LogP) is 2.70. The third-order valence-electron chi connectivity index (χ3n) is 3.92. The highest BCUT2D eigenvalue weighted by molar-refractivity contribution is 5.79. The number of hydrogen-bond acceptors (Lipinski definition) is 3. The van der Waals surface area contributed by atoms with Gasteiger partial charge >= 0.3 is 0 Å². The zero-order valence-electron chi connectivity index (χ0n) is 13.7. The SMILES string of the molecule is CCN(CC(O)c1ccc(C)cc1)C(=O)Cc1ccc(N)cc1. The minimum atomic E-state index is -0.675. The van der Waals surface area contributed by atoms with Crippen molar-refractivity contribution in [1.29, 1.82) is 0 Å². The number of carbonyl (C=O) groups is 1. The van der Waals surface area contributed by atoms with Crippen LogP contribution in [0.4, 0.5) is 5.69 Å². The van der Waals surface area contributed by atoms with E-state index in [9.17, 15) is 9.90 Å². The number of rotatable bonds is 6. The van der Waals surface area contributed by atoms with E-state index in [0.29, 0.717) is 25.2 Å². The molecule has 0 aliphatic heterocycles.